The van der Waals surface area contributed by atoms with Gasteiger partial charge >= 0.3 is 0 Å². The molecule has 17 heavy (non-hydrogen) atoms. The minimum absolute atomic E-state index is 0.204. The highest BCUT2D eigenvalue weighted by atomic mass is 19.1. The molecule has 0 saturated carbocycles. The lowest BCUT2D eigenvalue weighted by Crippen LogP contribution is -2.39. The molecular formula is C14H22FNO. The van der Waals surface area contributed by atoms with Crippen LogP contribution < -0.4 is 5.32 Å². The molecule has 0 spiro atoms. The summed E-state index contributed by atoms with van der Waals surface area (Å²) in [5.41, 5.74) is 1.38. The summed E-state index contributed by atoms with van der Waals surface area (Å²) >= 11 is 0. The van der Waals surface area contributed by atoms with Crippen LogP contribution >= 0.6 is 0 Å². The number of rotatable bonds is 6. The van der Waals surface area contributed by atoms with Crippen molar-refractivity contribution in [1.29, 1.82) is 0 Å². The van der Waals surface area contributed by atoms with E-state index in [2.05, 4.69) is 5.32 Å². The molecule has 0 atom stereocenters. The zero-order valence-corrected chi connectivity index (χ0v) is 10.9. The molecule has 3 heteroatoms. The first kappa shape index (κ1) is 14.1. The first-order valence-electron chi connectivity index (χ1n) is 6.19. The monoisotopic (exact) mass is 239 g/mol. The van der Waals surface area contributed by atoms with Gasteiger partial charge in [0.1, 0.15) is 5.82 Å². The Morgan fingerprint density at radius 3 is 2.47 bits per heavy atom. The Morgan fingerprint density at radius 1 is 1.29 bits per heavy atom. The molecule has 0 heterocycles. The third kappa shape index (κ3) is 4.10. The van der Waals surface area contributed by atoms with Crippen LogP contribution in [0, 0.1) is 12.7 Å². The fourth-order valence-corrected chi connectivity index (χ4v) is 1.79. The third-order valence-electron chi connectivity index (χ3n) is 3.39. The molecule has 0 aliphatic carbocycles. The van der Waals surface area contributed by atoms with E-state index in [1.807, 2.05) is 20.8 Å². The van der Waals surface area contributed by atoms with E-state index in [-0.39, 0.29) is 5.82 Å². The number of nitrogens with one attached hydrogen (secondary N) is 1. The van der Waals surface area contributed by atoms with Crippen LogP contribution in [0.2, 0.25) is 0 Å². The van der Waals surface area contributed by atoms with Crippen molar-refractivity contribution in [2.45, 2.75) is 45.8 Å². The van der Waals surface area contributed by atoms with Crippen molar-refractivity contribution in [3.63, 3.8) is 0 Å². The molecule has 0 aliphatic heterocycles. The molecule has 2 nitrogen and oxygen atoms in total. The minimum atomic E-state index is -0.631. The summed E-state index contributed by atoms with van der Waals surface area (Å²) < 4.78 is 12.9. The van der Waals surface area contributed by atoms with Gasteiger partial charge in [-0.15, -0.1) is 0 Å². The normalized spacial score (nSPS) is 11.8. The van der Waals surface area contributed by atoms with Gasteiger partial charge < -0.3 is 10.4 Å². The zero-order chi connectivity index (χ0) is 12.9. The van der Waals surface area contributed by atoms with E-state index >= 15 is 0 Å². The van der Waals surface area contributed by atoms with E-state index in [1.165, 1.54) is 12.1 Å². The zero-order valence-electron chi connectivity index (χ0n) is 10.9. The minimum Gasteiger partial charge on any atom is -0.389 e. The standard InChI is InChI=1S/C14H22FNO/c1-4-14(17,5-2)10-16-9-12-6-7-13(15)8-11(12)3/h6-8,16-17H,4-5,9-10H2,1-3H3. The molecule has 1 aromatic rings. The maximum absolute atomic E-state index is 12.9. The highest BCUT2D eigenvalue weighted by molar-refractivity contribution is 5.26. The van der Waals surface area contributed by atoms with Crippen molar-refractivity contribution in [1.82, 2.24) is 5.32 Å². The van der Waals surface area contributed by atoms with E-state index in [9.17, 15) is 9.50 Å². The predicted molar refractivity (Wildman–Crippen MR) is 68.4 cm³/mol. The van der Waals surface area contributed by atoms with E-state index in [1.54, 1.807) is 6.07 Å². The summed E-state index contributed by atoms with van der Waals surface area (Å²) in [5.74, 6) is -0.204. The van der Waals surface area contributed by atoms with Crippen molar-refractivity contribution in [2.24, 2.45) is 0 Å². The van der Waals surface area contributed by atoms with Gasteiger partial charge in [0.25, 0.3) is 0 Å². The summed E-state index contributed by atoms with van der Waals surface area (Å²) in [6.07, 6.45) is 1.47. The van der Waals surface area contributed by atoms with Gasteiger partial charge in [-0.1, -0.05) is 19.9 Å². The van der Waals surface area contributed by atoms with Crippen molar-refractivity contribution in [3.05, 3.63) is 35.1 Å². The van der Waals surface area contributed by atoms with Crippen LogP contribution in [-0.2, 0) is 6.54 Å². The number of aliphatic hydroxyl groups is 1. The maximum atomic E-state index is 12.9. The maximum Gasteiger partial charge on any atom is 0.123 e. The quantitative estimate of drug-likeness (QED) is 0.800. The van der Waals surface area contributed by atoms with Gasteiger partial charge in [0, 0.05) is 13.1 Å². The van der Waals surface area contributed by atoms with Gasteiger partial charge in [-0.25, -0.2) is 4.39 Å². The van der Waals surface area contributed by atoms with E-state index in [0.29, 0.717) is 13.1 Å². The van der Waals surface area contributed by atoms with Crippen LogP contribution in [0.5, 0.6) is 0 Å². The number of hydrogen-bond donors (Lipinski definition) is 2. The van der Waals surface area contributed by atoms with Gasteiger partial charge in [0.05, 0.1) is 5.60 Å². The second kappa shape index (κ2) is 6.12. The molecular weight excluding hydrogens is 217 g/mol. The lowest BCUT2D eigenvalue weighted by molar-refractivity contribution is 0.0323. The molecule has 0 amide bonds. The molecule has 0 bridgehead atoms. The predicted octanol–water partition coefficient (Wildman–Crippen LogP) is 2.77. The summed E-state index contributed by atoms with van der Waals surface area (Å²) in [5, 5.41) is 13.3. The van der Waals surface area contributed by atoms with Gasteiger partial charge in [0.2, 0.25) is 0 Å². The Labute approximate surface area is 103 Å². The molecule has 1 rings (SSSR count). The fraction of sp³-hybridized carbons (Fsp3) is 0.571. The Morgan fingerprint density at radius 2 is 1.94 bits per heavy atom. The number of hydrogen-bond acceptors (Lipinski definition) is 2. The van der Waals surface area contributed by atoms with Crippen LogP contribution in [0.4, 0.5) is 4.39 Å². The summed E-state index contributed by atoms with van der Waals surface area (Å²) in [4.78, 5) is 0. The molecule has 0 aromatic heterocycles. The molecule has 1 aromatic carbocycles. The average molecular weight is 239 g/mol. The first-order valence-corrected chi connectivity index (χ1v) is 6.19. The lowest BCUT2D eigenvalue weighted by Gasteiger charge is -2.25. The average Bonchev–Trinajstić information content (AvgIpc) is 2.32. The summed E-state index contributed by atoms with van der Waals surface area (Å²) in [7, 11) is 0. The van der Waals surface area contributed by atoms with E-state index < -0.39 is 5.60 Å². The van der Waals surface area contributed by atoms with Crippen molar-refractivity contribution in [2.75, 3.05) is 6.54 Å². The molecule has 0 radical (unpaired) electrons. The molecule has 2 N–H and O–H groups in total. The second-order valence-corrected chi connectivity index (χ2v) is 4.61. The molecule has 0 aliphatic rings. The SMILES string of the molecule is CCC(O)(CC)CNCc1ccc(F)cc1C. The van der Waals surface area contributed by atoms with Gasteiger partial charge in [-0.2, -0.15) is 0 Å². The Hall–Kier alpha value is -0.930. The Bertz CT molecular complexity index is 361. The largest absolute Gasteiger partial charge is 0.389 e. The molecule has 96 valence electrons. The number of halogens is 1. The molecule has 0 saturated heterocycles. The Kier molecular flexibility index (Phi) is 5.09. The smallest absolute Gasteiger partial charge is 0.123 e. The van der Waals surface area contributed by atoms with Gasteiger partial charge in [-0.05, 0) is 43.0 Å². The van der Waals surface area contributed by atoms with Crippen molar-refractivity contribution in [3.8, 4) is 0 Å². The van der Waals surface area contributed by atoms with E-state index in [0.717, 1.165) is 24.0 Å². The second-order valence-electron chi connectivity index (χ2n) is 4.61. The lowest BCUT2D eigenvalue weighted by atomic mass is 9.97. The van der Waals surface area contributed by atoms with Gasteiger partial charge in [-0.3, -0.25) is 0 Å². The fourth-order valence-electron chi connectivity index (χ4n) is 1.79. The number of benzene rings is 1. The Balaban J connectivity index is 2.51. The molecule has 0 unspecified atom stereocenters. The van der Waals surface area contributed by atoms with Crippen LogP contribution in [-0.4, -0.2) is 17.3 Å². The summed E-state index contributed by atoms with van der Waals surface area (Å²) in [6, 6.07) is 4.79. The van der Waals surface area contributed by atoms with Crippen molar-refractivity contribution >= 4 is 0 Å². The highest BCUT2D eigenvalue weighted by Gasteiger charge is 2.21. The van der Waals surface area contributed by atoms with Gasteiger partial charge in [0.15, 0.2) is 0 Å². The first-order chi connectivity index (χ1) is 8.00. The van der Waals surface area contributed by atoms with Crippen LogP contribution in [0.25, 0.3) is 0 Å². The number of aryl methyl sites for hydroxylation is 1. The van der Waals surface area contributed by atoms with Crippen LogP contribution in [0.15, 0.2) is 18.2 Å². The molecule has 0 fully saturated rings. The van der Waals surface area contributed by atoms with Crippen LogP contribution in [0.3, 0.4) is 0 Å². The highest BCUT2D eigenvalue weighted by Crippen LogP contribution is 2.14. The third-order valence-corrected chi connectivity index (χ3v) is 3.39. The topological polar surface area (TPSA) is 32.3 Å². The van der Waals surface area contributed by atoms with Crippen LogP contribution in [0.1, 0.15) is 37.8 Å². The van der Waals surface area contributed by atoms with Crippen molar-refractivity contribution < 1.29 is 9.50 Å². The van der Waals surface area contributed by atoms with E-state index in [4.69, 9.17) is 0 Å². The summed E-state index contributed by atoms with van der Waals surface area (Å²) in [6.45, 7) is 7.08.